The van der Waals surface area contributed by atoms with Crippen LogP contribution in [0.25, 0.3) is 4.96 Å². The largest absolute Gasteiger partial charge is 0.297 e. The number of hydrogen-bond donors (Lipinski definition) is 0. The van der Waals surface area contributed by atoms with Crippen LogP contribution in [0.2, 0.25) is 0 Å². The monoisotopic (exact) mass is 232 g/mol. The summed E-state index contributed by atoms with van der Waals surface area (Å²) >= 11 is 1.72. The zero-order valence-corrected chi connectivity index (χ0v) is 8.90. The SMILES string of the molecule is Br.Cc1cn2cc(C)sc2n1. The van der Waals surface area contributed by atoms with Crippen molar-refractivity contribution in [2.45, 2.75) is 13.8 Å². The third-order valence-corrected chi connectivity index (χ3v) is 2.30. The summed E-state index contributed by atoms with van der Waals surface area (Å²) in [6.07, 6.45) is 4.14. The standard InChI is InChI=1S/C7H8N2S.BrH/c1-5-3-9-4-6(2)10-7(9)8-5;/h3-4H,1-2H3;1H. The summed E-state index contributed by atoms with van der Waals surface area (Å²) in [6.45, 7) is 4.10. The van der Waals surface area contributed by atoms with Crippen LogP contribution in [0, 0.1) is 13.8 Å². The van der Waals surface area contributed by atoms with Crippen LogP contribution in [-0.2, 0) is 0 Å². The molecule has 0 saturated carbocycles. The molecule has 0 bridgehead atoms. The van der Waals surface area contributed by atoms with E-state index in [1.165, 1.54) is 4.88 Å². The van der Waals surface area contributed by atoms with Gasteiger partial charge in [-0.05, 0) is 13.8 Å². The second kappa shape index (κ2) is 2.95. The van der Waals surface area contributed by atoms with Crippen LogP contribution in [0.4, 0.5) is 0 Å². The van der Waals surface area contributed by atoms with Crippen LogP contribution in [0.5, 0.6) is 0 Å². The van der Waals surface area contributed by atoms with Gasteiger partial charge in [0.15, 0.2) is 4.96 Å². The first kappa shape index (κ1) is 8.74. The molecule has 0 aliphatic carbocycles. The minimum Gasteiger partial charge on any atom is -0.297 e. The number of hydrogen-bond acceptors (Lipinski definition) is 2. The van der Waals surface area contributed by atoms with Gasteiger partial charge < -0.3 is 0 Å². The van der Waals surface area contributed by atoms with Crippen LogP contribution < -0.4 is 0 Å². The summed E-state index contributed by atoms with van der Waals surface area (Å²) in [5, 5.41) is 0. The van der Waals surface area contributed by atoms with Crippen LogP contribution in [0.3, 0.4) is 0 Å². The zero-order chi connectivity index (χ0) is 7.14. The molecule has 0 aromatic carbocycles. The molecule has 0 saturated heterocycles. The normalized spacial score (nSPS) is 10.0. The number of thiazole rings is 1. The van der Waals surface area contributed by atoms with Gasteiger partial charge in [0.1, 0.15) is 0 Å². The zero-order valence-electron chi connectivity index (χ0n) is 6.37. The first-order valence-corrected chi connectivity index (χ1v) is 3.99. The van der Waals surface area contributed by atoms with E-state index in [1.54, 1.807) is 11.3 Å². The highest BCUT2D eigenvalue weighted by atomic mass is 79.9. The molecule has 2 rings (SSSR count). The number of rotatable bonds is 0. The molecule has 60 valence electrons. The van der Waals surface area contributed by atoms with Crippen LogP contribution >= 0.6 is 28.3 Å². The fourth-order valence-electron chi connectivity index (χ4n) is 1.03. The summed E-state index contributed by atoms with van der Waals surface area (Å²) in [6, 6.07) is 0. The minimum absolute atomic E-state index is 0. The van der Waals surface area contributed by atoms with Crippen LogP contribution in [-0.4, -0.2) is 9.38 Å². The van der Waals surface area contributed by atoms with Gasteiger partial charge in [0, 0.05) is 17.3 Å². The van der Waals surface area contributed by atoms with Crippen LogP contribution in [0.1, 0.15) is 10.6 Å². The number of fused-ring (bicyclic) bond motifs is 1. The second-order valence-corrected chi connectivity index (χ2v) is 3.63. The Labute approximate surface area is 79.7 Å². The molecule has 2 heterocycles. The molecule has 0 radical (unpaired) electrons. The number of aromatic nitrogens is 2. The molecule has 0 atom stereocenters. The molecule has 4 heteroatoms. The Balaban J connectivity index is 0.000000605. The maximum Gasteiger partial charge on any atom is 0.194 e. The van der Waals surface area contributed by atoms with Crippen molar-refractivity contribution in [3.63, 3.8) is 0 Å². The quantitative estimate of drug-likeness (QED) is 0.683. The number of imidazole rings is 1. The summed E-state index contributed by atoms with van der Waals surface area (Å²) in [7, 11) is 0. The first-order chi connectivity index (χ1) is 4.75. The Kier molecular flexibility index (Phi) is 2.34. The second-order valence-electron chi connectivity index (χ2n) is 2.41. The molecular weight excluding hydrogens is 224 g/mol. The lowest BCUT2D eigenvalue weighted by Gasteiger charge is -1.75. The molecule has 0 aliphatic heterocycles. The molecule has 0 aliphatic rings. The van der Waals surface area contributed by atoms with Crippen molar-refractivity contribution in [2.75, 3.05) is 0 Å². The molecule has 2 aromatic rings. The van der Waals surface area contributed by atoms with Gasteiger partial charge in [-0.2, -0.15) is 0 Å². The molecular formula is C7H9BrN2S. The molecule has 0 spiro atoms. The van der Waals surface area contributed by atoms with Gasteiger partial charge in [0.25, 0.3) is 0 Å². The highest BCUT2D eigenvalue weighted by Crippen LogP contribution is 2.15. The van der Waals surface area contributed by atoms with Gasteiger partial charge in [-0.1, -0.05) is 0 Å². The van der Waals surface area contributed by atoms with E-state index in [9.17, 15) is 0 Å². The summed E-state index contributed by atoms with van der Waals surface area (Å²) < 4.78 is 2.06. The molecule has 0 unspecified atom stereocenters. The molecule has 0 amide bonds. The fraction of sp³-hybridized carbons (Fsp3) is 0.286. The summed E-state index contributed by atoms with van der Waals surface area (Å²) in [5.74, 6) is 0. The van der Waals surface area contributed by atoms with E-state index in [-0.39, 0.29) is 17.0 Å². The molecule has 0 N–H and O–H groups in total. The molecule has 2 aromatic heterocycles. The van der Waals surface area contributed by atoms with E-state index in [1.807, 2.05) is 13.1 Å². The third-order valence-electron chi connectivity index (χ3n) is 1.39. The van der Waals surface area contributed by atoms with Crippen LogP contribution in [0.15, 0.2) is 12.4 Å². The predicted molar refractivity (Wildman–Crippen MR) is 52.9 cm³/mol. The smallest absolute Gasteiger partial charge is 0.194 e. The predicted octanol–water partition coefficient (Wildman–Crippen LogP) is 2.59. The van der Waals surface area contributed by atoms with E-state index in [0.29, 0.717) is 0 Å². The van der Waals surface area contributed by atoms with Gasteiger partial charge in [-0.25, -0.2) is 4.98 Å². The number of halogens is 1. The van der Waals surface area contributed by atoms with Gasteiger partial charge in [0.05, 0.1) is 5.69 Å². The van der Waals surface area contributed by atoms with Crippen molar-refractivity contribution in [3.8, 4) is 0 Å². The van der Waals surface area contributed by atoms with E-state index in [0.717, 1.165) is 10.7 Å². The van der Waals surface area contributed by atoms with Gasteiger partial charge in [-0.15, -0.1) is 28.3 Å². The average Bonchev–Trinajstić information content (AvgIpc) is 2.21. The Bertz CT molecular complexity index is 300. The van der Waals surface area contributed by atoms with Crippen molar-refractivity contribution in [2.24, 2.45) is 0 Å². The summed E-state index contributed by atoms with van der Waals surface area (Å²) in [5.41, 5.74) is 1.09. The van der Waals surface area contributed by atoms with Crippen molar-refractivity contribution >= 4 is 33.3 Å². The van der Waals surface area contributed by atoms with Crippen molar-refractivity contribution < 1.29 is 0 Å². The molecule has 11 heavy (non-hydrogen) atoms. The lowest BCUT2D eigenvalue weighted by atomic mass is 10.6. The number of aryl methyl sites for hydroxylation is 2. The lowest BCUT2D eigenvalue weighted by Crippen LogP contribution is -1.68. The first-order valence-electron chi connectivity index (χ1n) is 3.17. The molecule has 2 nitrogen and oxygen atoms in total. The Morgan fingerprint density at radius 2 is 2.09 bits per heavy atom. The van der Waals surface area contributed by atoms with Gasteiger partial charge in [0.2, 0.25) is 0 Å². The average molecular weight is 233 g/mol. The Morgan fingerprint density at radius 1 is 1.36 bits per heavy atom. The third kappa shape index (κ3) is 1.46. The van der Waals surface area contributed by atoms with Crippen molar-refractivity contribution in [1.29, 1.82) is 0 Å². The Morgan fingerprint density at radius 3 is 2.73 bits per heavy atom. The van der Waals surface area contributed by atoms with Gasteiger partial charge >= 0.3 is 0 Å². The lowest BCUT2D eigenvalue weighted by molar-refractivity contribution is 1.21. The molecule has 0 fully saturated rings. The van der Waals surface area contributed by atoms with Gasteiger partial charge in [-0.3, -0.25) is 4.40 Å². The summed E-state index contributed by atoms with van der Waals surface area (Å²) in [4.78, 5) is 6.72. The maximum atomic E-state index is 4.32. The maximum absolute atomic E-state index is 4.32. The highest BCUT2D eigenvalue weighted by molar-refractivity contribution is 8.93. The van der Waals surface area contributed by atoms with E-state index >= 15 is 0 Å². The van der Waals surface area contributed by atoms with Crippen molar-refractivity contribution in [3.05, 3.63) is 23.0 Å². The minimum atomic E-state index is 0. The van der Waals surface area contributed by atoms with E-state index in [4.69, 9.17) is 0 Å². The topological polar surface area (TPSA) is 17.3 Å². The number of nitrogens with zero attached hydrogens (tertiary/aromatic N) is 2. The van der Waals surface area contributed by atoms with E-state index < -0.39 is 0 Å². The Hall–Kier alpha value is -0.350. The van der Waals surface area contributed by atoms with Crippen molar-refractivity contribution in [1.82, 2.24) is 9.38 Å². The van der Waals surface area contributed by atoms with E-state index in [2.05, 4.69) is 22.5 Å². The highest BCUT2D eigenvalue weighted by Gasteiger charge is 1.98. The fourth-order valence-corrected chi connectivity index (χ4v) is 1.88.